The zero-order valence-electron chi connectivity index (χ0n) is 25.5. The number of nitrogens with zero attached hydrogens (tertiary/aromatic N) is 1. The van der Waals surface area contributed by atoms with Crippen LogP contribution in [0.25, 0.3) is 0 Å². The van der Waals surface area contributed by atoms with E-state index in [1.54, 1.807) is 11.8 Å². The van der Waals surface area contributed by atoms with Gasteiger partial charge in [0.05, 0.1) is 53.1 Å². The van der Waals surface area contributed by atoms with Crippen molar-refractivity contribution in [1.82, 2.24) is 9.62 Å². The number of rotatable bonds is 9. The summed E-state index contributed by atoms with van der Waals surface area (Å²) in [6, 6.07) is 10.0. The zero-order valence-corrected chi connectivity index (χ0v) is 26.3. The molecule has 2 fully saturated rings. The summed E-state index contributed by atoms with van der Waals surface area (Å²) in [6.07, 6.45) is 4.69. The van der Waals surface area contributed by atoms with Crippen molar-refractivity contribution >= 4 is 23.0 Å². The number of piperidine rings is 1. The van der Waals surface area contributed by atoms with Gasteiger partial charge in [0.1, 0.15) is 5.60 Å². The molecule has 1 aliphatic carbocycles. The molecule has 3 unspecified atom stereocenters. The Kier molecular flexibility index (Phi) is 11.2. The van der Waals surface area contributed by atoms with Crippen molar-refractivity contribution in [3.8, 4) is 0 Å². The summed E-state index contributed by atoms with van der Waals surface area (Å²) in [5.74, 6) is 0.132. The summed E-state index contributed by atoms with van der Waals surface area (Å²) in [7, 11) is -1.49. The van der Waals surface area contributed by atoms with Crippen molar-refractivity contribution in [2.45, 2.75) is 127 Å². The predicted octanol–water partition coefficient (Wildman–Crippen LogP) is 5.87. The van der Waals surface area contributed by atoms with E-state index in [9.17, 15) is 13.8 Å². The molecule has 226 valence electrons. The number of esters is 1. The molecule has 0 radical (unpaired) electrons. The highest BCUT2D eigenvalue weighted by Crippen LogP contribution is 2.37. The molecule has 3 atom stereocenters. The van der Waals surface area contributed by atoms with Crippen LogP contribution in [-0.4, -0.2) is 69.0 Å². The summed E-state index contributed by atoms with van der Waals surface area (Å²) in [6.45, 7) is 13.9. The standard InChI is InChI=1S/C31H50N2O6S/c1-8-37-27(34)21-31(32-40(36)30(5,6)7)19-12-20-33(28(35)39-29(2,3)4)26(31)22-38-25-17-15-24(16-18-25)23-13-10-9-11-14-23/h9-11,13-14,24-26,32H,8,12,15-22H2,1-7H3. The van der Waals surface area contributed by atoms with Crippen LogP contribution in [0.5, 0.6) is 0 Å². The SMILES string of the molecule is CCOC(=O)CC1(NS(=O)C(C)(C)C)CCCN(C(=O)OC(C)(C)C)C1COC1CCC(c2ccccc2)CC1. The number of nitrogens with one attached hydrogen (secondary N) is 1. The molecular weight excluding hydrogens is 528 g/mol. The molecule has 1 aliphatic heterocycles. The van der Waals surface area contributed by atoms with Crippen LogP contribution >= 0.6 is 0 Å². The first-order chi connectivity index (χ1) is 18.7. The fourth-order valence-electron chi connectivity index (χ4n) is 5.66. The predicted molar refractivity (Wildman–Crippen MR) is 158 cm³/mol. The Hall–Kier alpha value is -1.97. The van der Waals surface area contributed by atoms with E-state index in [4.69, 9.17) is 14.2 Å². The number of hydrogen-bond donors (Lipinski definition) is 1. The van der Waals surface area contributed by atoms with Crippen LogP contribution in [0.2, 0.25) is 0 Å². The van der Waals surface area contributed by atoms with Gasteiger partial charge in [0.25, 0.3) is 0 Å². The first-order valence-electron chi connectivity index (χ1n) is 14.8. The molecule has 9 heteroatoms. The summed E-state index contributed by atoms with van der Waals surface area (Å²) < 4.78 is 33.9. The number of amides is 1. The minimum atomic E-state index is -1.49. The second-order valence-electron chi connectivity index (χ2n) is 13.1. The molecule has 8 nitrogen and oxygen atoms in total. The normalized spacial score (nSPS) is 26.7. The van der Waals surface area contributed by atoms with E-state index in [0.29, 0.717) is 25.3 Å². The van der Waals surface area contributed by atoms with Crippen LogP contribution in [0.3, 0.4) is 0 Å². The lowest BCUT2D eigenvalue weighted by Crippen LogP contribution is -2.69. The van der Waals surface area contributed by atoms with E-state index in [0.717, 1.165) is 25.7 Å². The van der Waals surface area contributed by atoms with Crippen molar-refractivity contribution in [3.63, 3.8) is 0 Å². The van der Waals surface area contributed by atoms with Gasteiger partial charge < -0.3 is 19.1 Å². The van der Waals surface area contributed by atoms with E-state index in [-0.39, 0.29) is 31.7 Å². The molecule has 1 heterocycles. The van der Waals surface area contributed by atoms with E-state index in [1.807, 2.05) is 47.6 Å². The Morgan fingerprint density at radius 2 is 1.70 bits per heavy atom. The maximum absolute atomic E-state index is 13.5. The highest BCUT2D eigenvalue weighted by atomic mass is 32.2. The van der Waals surface area contributed by atoms with Gasteiger partial charge in [-0.1, -0.05) is 30.3 Å². The Morgan fingerprint density at radius 3 is 2.27 bits per heavy atom. The highest BCUT2D eigenvalue weighted by molar-refractivity contribution is 7.84. The number of hydrogen-bond acceptors (Lipinski definition) is 6. The Labute approximate surface area is 243 Å². The number of carbonyl (C=O) groups excluding carboxylic acids is 2. The second-order valence-corrected chi connectivity index (χ2v) is 15.1. The molecular formula is C31H50N2O6S. The summed E-state index contributed by atoms with van der Waals surface area (Å²) in [5.41, 5.74) is -0.297. The van der Waals surface area contributed by atoms with Crippen LogP contribution in [0.1, 0.15) is 105 Å². The van der Waals surface area contributed by atoms with Crippen molar-refractivity contribution in [2.24, 2.45) is 0 Å². The summed E-state index contributed by atoms with van der Waals surface area (Å²) in [4.78, 5) is 28.1. The third-order valence-electron chi connectivity index (χ3n) is 7.72. The van der Waals surface area contributed by atoms with Crippen molar-refractivity contribution < 1.29 is 28.0 Å². The number of carbonyl (C=O) groups is 2. The van der Waals surface area contributed by atoms with Gasteiger partial charge in [0.15, 0.2) is 0 Å². The molecule has 1 amide bonds. The highest BCUT2D eigenvalue weighted by Gasteiger charge is 2.51. The van der Waals surface area contributed by atoms with Crippen LogP contribution < -0.4 is 4.72 Å². The molecule has 3 rings (SSSR count). The molecule has 0 aromatic heterocycles. The molecule has 1 saturated carbocycles. The lowest BCUT2D eigenvalue weighted by Gasteiger charge is -2.50. The fraction of sp³-hybridized carbons (Fsp3) is 0.742. The first kappa shape index (κ1) is 32.5. The van der Waals surface area contributed by atoms with Crippen LogP contribution in [0.15, 0.2) is 30.3 Å². The average molecular weight is 579 g/mol. The van der Waals surface area contributed by atoms with E-state index >= 15 is 0 Å². The lowest BCUT2D eigenvalue weighted by molar-refractivity contribution is -0.147. The van der Waals surface area contributed by atoms with Crippen molar-refractivity contribution in [2.75, 3.05) is 19.8 Å². The topological polar surface area (TPSA) is 94.2 Å². The van der Waals surface area contributed by atoms with E-state index in [1.165, 1.54) is 5.56 Å². The van der Waals surface area contributed by atoms with Gasteiger partial charge in [-0.3, -0.25) is 4.79 Å². The van der Waals surface area contributed by atoms with Gasteiger partial charge in [0, 0.05) is 6.54 Å². The third kappa shape index (κ3) is 9.02. The fourth-order valence-corrected chi connectivity index (χ4v) is 6.64. The minimum Gasteiger partial charge on any atom is -0.466 e. The summed E-state index contributed by atoms with van der Waals surface area (Å²) >= 11 is 0. The number of benzene rings is 1. The Bertz CT molecular complexity index is 997. The van der Waals surface area contributed by atoms with Crippen molar-refractivity contribution in [3.05, 3.63) is 35.9 Å². The van der Waals surface area contributed by atoms with Gasteiger partial charge in [-0.15, -0.1) is 0 Å². The maximum atomic E-state index is 13.5. The average Bonchev–Trinajstić information content (AvgIpc) is 2.87. The Balaban J connectivity index is 1.86. The molecule has 40 heavy (non-hydrogen) atoms. The number of ether oxygens (including phenoxy) is 3. The van der Waals surface area contributed by atoms with Gasteiger partial charge in [0.2, 0.25) is 0 Å². The molecule has 1 aromatic rings. The van der Waals surface area contributed by atoms with Crippen LogP contribution in [0.4, 0.5) is 4.79 Å². The second kappa shape index (κ2) is 13.8. The van der Waals surface area contributed by atoms with Crippen LogP contribution in [0, 0.1) is 0 Å². The largest absolute Gasteiger partial charge is 0.466 e. The molecule has 2 aliphatic rings. The van der Waals surface area contributed by atoms with Crippen molar-refractivity contribution in [1.29, 1.82) is 0 Å². The quantitative estimate of drug-likeness (QED) is 0.368. The van der Waals surface area contributed by atoms with E-state index in [2.05, 4.69) is 29.0 Å². The van der Waals surface area contributed by atoms with Gasteiger partial charge in [-0.25, -0.2) is 13.7 Å². The first-order valence-corrected chi connectivity index (χ1v) is 15.9. The molecule has 1 saturated heterocycles. The van der Waals surface area contributed by atoms with E-state index < -0.39 is 39.0 Å². The van der Waals surface area contributed by atoms with Gasteiger partial charge in [-0.2, -0.15) is 0 Å². The zero-order chi connectivity index (χ0) is 29.6. The minimum absolute atomic E-state index is 0.0171. The van der Waals surface area contributed by atoms with Gasteiger partial charge in [-0.05, 0) is 98.5 Å². The number of likely N-dealkylation sites (tertiary alicyclic amines) is 1. The molecule has 0 bridgehead atoms. The summed E-state index contributed by atoms with van der Waals surface area (Å²) in [5, 5.41) is 0. The third-order valence-corrected chi connectivity index (χ3v) is 9.42. The smallest absolute Gasteiger partial charge is 0.410 e. The maximum Gasteiger partial charge on any atom is 0.410 e. The Morgan fingerprint density at radius 1 is 1.05 bits per heavy atom. The monoisotopic (exact) mass is 578 g/mol. The lowest BCUT2D eigenvalue weighted by atomic mass is 9.79. The van der Waals surface area contributed by atoms with Crippen LogP contribution in [-0.2, 0) is 30.0 Å². The van der Waals surface area contributed by atoms with Gasteiger partial charge >= 0.3 is 12.1 Å². The molecule has 0 spiro atoms. The molecule has 1 N–H and O–H groups in total. The molecule has 1 aromatic carbocycles.